The van der Waals surface area contributed by atoms with Gasteiger partial charge in [-0.15, -0.1) is 0 Å². The van der Waals surface area contributed by atoms with E-state index in [1.54, 1.807) is 0 Å². The van der Waals surface area contributed by atoms with Crippen molar-refractivity contribution in [1.29, 1.82) is 0 Å². The van der Waals surface area contributed by atoms with Crippen LogP contribution in [0.1, 0.15) is 53.4 Å². The summed E-state index contributed by atoms with van der Waals surface area (Å²) in [6, 6.07) is 0.803. The zero-order valence-corrected chi connectivity index (χ0v) is 10.1. The summed E-state index contributed by atoms with van der Waals surface area (Å²) < 4.78 is 0. The normalized spacial score (nSPS) is 42.9. The Morgan fingerprint density at radius 1 is 1.07 bits per heavy atom. The SMILES string of the molecule is CC1CC(NC(C)(C)C)C2CCCC12. The maximum absolute atomic E-state index is 3.82. The molecule has 0 aromatic heterocycles. The summed E-state index contributed by atoms with van der Waals surface area (Å²) in [4.78, 5) is 0. The lowest BCUT2D eigenvalue weighted by Crippen LogP contribution is -2.45. The van der Waals surface area contributed by atoms with Crippen LogP contribution >= 0.6 is 0 Å². The van der Waals surface area contributed by atoms with E-state index in [9.17, 15) is 0 Å². The first-order valence-electron chi connectivity index (χ1n) is 6.25. The van der Waals surface area contributed by atoms with E-state index in [-0.39, 0.29) is 0 Å². The second-order valence-electron chi connectivity index (χ2n) is 6.47. The largest absolute Gasteiger partial charge is 0.309 e. The minimum Gasteiger partial charge on any atom is -0.309 e. The molecular formula is C13H25N. The third-order valence-corrected chi connectivity index (χ3v) is 4.12. The molecule has 0 aliphatic heterocycles. The van der Waals surface area contributed by atoms with Gasteiger partial charge in [0.25, 0.3) is 0 Å². The number of nitrogens with one attached hydrogen (secondary N) is 1. The van der Waals surface area contributed by atoms with Crippen LogP contribution in [0.5, 0.6) is 0 Å². The fourth-order valence-corrected chi connectivity index (χ4v) is 3.70. The van der Waals surface area contributed by atoms with Crippen molar-refractivity contribution in [2.75, 3.05) is 0 Å². The summed E-state index contributed by atoms with van der Waals surface area (Å²) in [6.45, 7) is 9.33. The van der Waals surface area contributed by atoms with Gasteiger partial charge in [-0.2, -0.15) is 0 Å². The van der Waals surface area contributed by atoms with Crippen molar-refractivity contribution < 1.29 is 0 Å². The summed E-state index contributed by atoms with van der Waals surface area (Å²) in [6.07, 6.45) is 5.85. The summed E-state index contributed by atoms with van der Waals surface area (Å²) >= 11 is 0. The van der Waals surface area contributed by atoms with E-state index in [1.807, 2.05) is 0 Å². The fourth-order valence-electron chi connectivity index (χ4n) is 3.70. The molecular weight excluding hydrogens is 170 g/mol. The van der Waals surface area contributed by atoms with Crippen molar-refractivity contribution in [2.24, 2.45) is 17.8 Å². The van der Waals surface area contributed by atoms with E-state index in [0.717, 1.165) is 23.8 Å². The Morgan fingerprint density at radius 3 is 2.36 bits per heavy atom. The van der Waals surface area contributed by atoms with Crippen molar-refractivity contribution in [1.82, 2.24) is 5.32 Å². The highest BCUT2D eigenvalue weighted by molar-refractivity contribution is 4.98. The molecule has 2 rings (SSSR count). The molecule has 0 radical (unpaired) electrons. The highest BCUT2D eigenvalue weighted by Crippen LogP contribution is 2.47. The van der Waals surface area contributed by atoms with Crippen molar-refractivity contribution >= 4 is 0 Å². The smallest absolute Gasteiger partial charge is 0.0106 e. The van der Waals surface area contributed by atoms with Gasteiger partial charge in [-0.3, -0.25) is 0 Å². The average Bonchev–Trinajstić information content (AvgIpc) is 2.54. The molecule has 14 heavy (non-hydrogen) atoms. The third-order valence-electron chi connectivity index (χ3n) is 4.12. The fraction of sp³-hybridized carbons (Fsp3) is 1.00. The maximum atomic E-state index is 3.82. The highest BCUT2D eigenvalue weighted by atomic mass is 15.0. The molecule has 4 atom stereocenters. The van der Waals surface area contributed by atoms with E-state index in [1.165, 1.54) is 25.7 Å². The number of hydrogen-bond donors (Lipinski definition) is 1. The minimum atomic E-state index is 0.294. The highest BCUT2D eigenvalue weighted by Gasteiger charge is 2.44. The molecule has 1 N–H and O–H groups in total. The molecule has 0 bridgehead atoms. The minimum absolute atomic E-state index is 0.294. The number of hydrogen-bond acceptors (Lipinski definition) is 1. The average molecular weight is 195 g/mol. The van der Waals surface area contributed by atoms with Gasteiger partial charge in [0, 0.05) is 11.6 Å². The van der Waals surface area contributed by atoms with Crippen LogP contribution < -0.4 is 5.32 Å². The first kappa shape index (κ1) is 10.5. The van der Waals surface area contributed by atoms with Crippen LogP contribution in [-0.4, -0.2) is 11.6 Å². The third kappa shape index (κ3) is 1.98. The molecule has 0 aromatic carbocycles. The van der Waals surface area contributed by atoms with Gasteiger partial charge in [-0.1, -0.05) is 13.3 Å². The van der Waals surface area contributed by atoms with Gasteiger partial charge in [-0.05, 0) is 57.8 Å². The van der Waals surface area contributed by atoms with Crippen LogP contribution in [0.3, 0.4) is 0 Å². The van der Waals surface area contributed by atoms with Crippen molar-refractivity contribution in [3.63, 3.8) is 0 Å². The Morgan fingerprint density at radius 2 is 1.71 bits per heavy atom. The molecule has 2 saturated carbocycles. The van der Waals surface area contributed by atoms with E-state index in [0.29, 0.717) is 5.54 Å². The van der Waals surface area contributed by atoms with Gasteiger partial charge in [0.2, 0.25) is 0 Å². The molecule has 0 amide bonds. The molecule has 0 saturated heterocycles. The van der Waals surface area contributed by atoms with Gasteiger partial charge < -0.3 is 5.32 Å². The second kappa shape index (κ2) is 3.52. The maximum Gasteiger partial charge on any atom is 0.0106 e. The second-order valence-corrected chi connectivity index (χ2v) is 6.47. The van der Waals surface area contributed by atoms with Gasteiger partial charge in [-0.25, -0.2) is 0 Å². The van der Waals surface area contributed by atoms with Crippen LogP contribution in [-0.2, 0) is 0 Å². The lowest BCUT2D eigenvalue weighted by molar-refractivity contribution is 0.292. The molecule has 2 aliphatic rings. The summed E-state index contributed by atoms with van der Waals surface area (Å²) in [5.41, 5.74) is 0.294. The predicted octanol–water partition coefficient (Wildman–Crippen LogP) is 3.20. The lowest BCUT2D eigenvalue weighted by atomic mass is 9.92. The van der Waals surface area contributed by atoms with Crippen LogP contribution in [0.2, 0.25) is 0 Å². The summed E-state index contributed by atoms with van der Waals surface area (Å²) in [7, 11) is 0. The lowest BCUT2D eigenvalue weighted by Gasteiger charge is -2.29. The summed E-state index contributed by atoms with van der Waals surface area (Å²) in [5.74, 6) is 2.99. The first-order chi connectivity index (χ1) is 6.47. The van der Waals surface area contributed by atoms with Crippen LogP contribution in [0.15, 0.2) is 0 Å². The Kier molecular flexibility index (Phi) is 2.63. The van der Waals surface area contributed by atoms with Crippen molar-refractivity contribution in [3.8, 4) is 0 Å². The zero-order chi connectivity index (χ0) is 10.3. The van der Waals surface area contributed by atoms with E-state index < -0.39 is 0 Å². The quantitative estimate of drug-likeness (QED) is 0.677. The summed E-state index contributed by atoms with van der Waals surface area (Å²) in [5, 5.41) is 3.82. The van der Waals surface area contributed by atoms with Crippen molar-refractivity contribution in [3.05, 3.63) is 0 Å². The van der Waals surface area contributed by atoms with E-state index in [2.05, 4.69) is 33.0 Å². The molecule has 82 valence electrons. The monoisotopic (exact) mass is 195 g/mol. The first-order valence-corrected chi connectivity index (χ1v) is 6.25. The molecule has 0 aromatic rings. The molecule has 2 aliphatic carbocycles. The molecule has 2 fully saturated rings. The number of rotatable bonds is 1. The Hall–Kier alpha value is -0.0400. The molecule has 0 spiro atoms. The Balaban J connectivity index is 2.00. The zero-order valence-electron chi connectivity index (χ0n) is 10.1. The van der Waals surface area contributed by atoms with Gasteiger partial charge in [0.15, 0.2) is 0 Å². The predicted molar refractivity (Wildman–Crippen MR) is 61.3 cm³/mol. The Labute approximate surface area is 88.7 Å². The van der Waals surface area contributed by atoms with Gasteiger partial charge >= 0.3 is 0 Å². The topological polar surface area (TPSA) is 12.0 Å². The number of fused-ring (bicyclic) bond motifs is 1. The van der Waals surface area contributed by atoms with Crippen molar-refractivity contribution in [2.45, 2.75) is 65.0 Å². The van der Waals surface area contributed by atoms with E-state index in [4.69, 9.17) is 0 Å². The van der Waals surface area contributed by atoms with E-state index >= 15 is 0 Å². The molecule has 0 heterocycles. The molecule has 4 unspecified atom stereocenters. The van der Waals surface area contributed by atoms with Crippen LogP contribution in [0.4, 0.5) is 0 Å². The van der Waals surface area contributed by atoms with Gasteiger partial charge in [0.05, 0.1) is 0 Å². The van der Waals surface area contributed by atoms with Crippen LogP contribution in [0, 0.1) is 17.8 Å². The van der Waals surface area contributed by atoms with Crippen LogP contribution in [0.25, 0.3) is 0 Å². The standard InChI is InChI=1S/C13H25N/c1-9-8-12(14-13(2,3)4)11-7-5-6-10(9)11/h9-12,14H,5-8H2,1-4H3. The van der Waals surface area contributed by atoms with Gasteiger partial charge in [0.1, 0.15) is 0 Å². The Bertz CT molecular complexity index is 204. The molecule has 1 heteroatoms. The molecule has 1 nitrogen and oxygen atoms in total.